The molecule has 5 heteroatoms. The number of aliphatic hydroxyl groups excluding tert-OH is 2. The third-order valence-electron chi connectivity index (χ3n) is 4.00. The molecule has 2 N–H and O–H groups in total. The first-order valence-electron chi connectivity index (χ1n) is 7.88. The van der Waals surface area contributed by atoms with Gasteiger partial charge in [-0.2, -0.15) is 0 Å². The monoisotopic (exact) mass is 296 g/mol. The van der Waals surface area contributed by atoms with Crippen molar-refractivity contribution in [1.82, 2.24) is 9.80 Å². The highest BCUT2D eigenvalue weighted by atomic mass is 16.4. The lowest BCUT2D eigenvalue weighted by Crippen LogP contribution is -2.53. The molecule has 5 nitrogen and oxygen atoms in total. The summed E-state index contributed by atoms with van der Waals surface area (Å²) in [6, 6.07) is 4.18. The maximum atomic E-state index is 9.29. The molecule has 0 unspecified atom stereocenters. The van der Waals surface area contributed by atoms with Crippen LogP contribution in [-0.2, 0) is 13.2 Å². The van der Waals surface area contributed by atoms with Crippen LogP contribution in [0.4, 0.5) is 0 Å². The van der Waals surface area contributed by atoms with Crippen LogP contribution >= 0.6 is 0 Å². The van der Waals surface area contributed by atoms with Gasteiger partial charge in [0, 0.05) is 38.8 Å². The van der Waals surface area contributed by atoms with Crippen LogP contribution in [0, 0.1) is 5.92 Å². The summed E-state index contributed by atoms with van der Waals surface area (Å²) in [6.07, 6.45) is 0.823. The van der Waals surface area contributed by atoms with Crippen molar-refractivity contribution >= 4 is 0 Å². The summed E-state index contributed by atoms with van der Waals surface area (Å²) >= 11 is 0. The molecule has 0 bridgehead atoms. The van der Waals surface area contributed by atoms with Gasteiger partial charge in [-0.3, -0.25) is 9.80 Å². The lowest BCUT2D eigenvalue weighted by Gasteiger charge is -2.42. The van der Waals surface area contributed by atoms with Gasteiger partial charge in [0.15, 0.2) is 0 Å². The van der Waals surface area contributed by atoms with Gasteiger partial charge >= 0.3 is 0 Å². The number of piperazine rings is 1. The van der Waals surface area contributed by atoms with E-state index in [-0.39, 0.29) is 13.2 Å². The maximum absolute atomic E-state index is 9.29. The Morgan fingerprint density at radius 2 is 2.00 bits per heavy atom. The smallest absolute Gasteiger partial charge is 0.129 e. The van der Waals surface area contributed by atoms with Gasteiger partial charge in [-0.25, -0.2) is 0 Å². The van der Waals surface area contributed by atoms with Crippen molar-refractivity contribution < 1.29 is 14.6 Å². The van der Waals surface area contributed by atoms with Crippen LogP contribution in [0.1, 0.15) is 31.8 Å². The van der Waals surface area contributed by atoms with Crippen molar-refractivity contribution in [3.05, 3.63) is 23.7 Å². The Hall–Kier alpha value is -0.880. The molecule has 1 saturated heterocycles. The zero-order chi connectivity index (χ0) is 15.2. The summed E-state index contributed by atoms with van der Waals surface area (Å²) in [4.78, 5) is 4.87. The number of nitrogens with zero attached hydrogens (tertiary/aromatic N) is 2. The van der Waals surface area contributed by atoms with E-state index in [1.165, 1.54) is 0 Å². The molecule has 0 radical (unpaired) electrons. The minimum atomic E-state index is -0.0463. The fourth-order valence-electron chi connectivity index (χ4n) is 3.05. The summed E-state index contributed by atoms with van der Waals surface area (Å²) < 4.78 is 5.57. The van der Waals surface area contributed by atoms with E-state index >= 15 is 0 Å². The second-order valence-corrected chi connectivity index (χ2v) is 6.32. The second kappa shape index (κ2) is 7.94. The average Bonchev–Trinajstić information content (AvgIpc) is 2.89. The van der Waals surface area contributed by atoms with Crippen LogP contribution in [-0.4, -0.2) is 58.8 Å². The van der Waals surface area contributed by atoms with Crippen molar-refractivity contribution in [2.45, 2.75) is 39.5 Å². The third kappa shape index (κ3) is 4.81. The molecule has 1 aromatic rings. The minimum absolute atomic E-state index is 0.0463. The van der Waals surface area contributed by atoms with Gasteiger partial charge in [0.2, 0.25) is 0 Å². The molecule has 0 amide bonds. The highest BCUT2D eigenvalue weighted by Crippen LogP contribution is 2.18. The summed E-state index contributed by atoms with van der Waals surface area (Å²) in [5.74, 6) is 2.17. The van der Waals surface area contributed by atoms with Gasteiger partial charge in [-0.05, 0) is 24.5 Å². The lowest BCUT2D eigenvalue weighted by molar-refractivity contribution is 0.0443. The Labute approximate surface area is 127 Å². The molecular weight excluding hydrogens is 268 g/mol. The molecule has 0 aliphatic carbocycles. The first kappa shape index (κ1) is 16.5. The van der Waals surface area contributed by atoms with Crippen molar-refractivity contribution in [3.63, 3.8) is 0 Å². The molecule has 0 aromatic carbocycles. The normalized spacial score (nSPS) is 21.3. The van der Waals surface area contributed by atoms with Crippen LogP contribution in [0.25, 0.3) is 0 Å². The average molecular weight is 296 g/mol. The van der Waals surface area contributed by atoms with Crippen LogP contribution < -0.4 is 0 Å². The fourth-order valence-corrected chi connectivity index (χ4v) is 3.05. The number of hydrogen-bond acceptors (Lipinski definition) is 5. The Kier molecular flexibility index (Phi) is 6.23. The number of furan rings is 1. The summed E-state index contributed by atoms with van der Waals surface area (Å²) in [5, 5.41) is 18.3. The Morgan fingerprint density at radius 3 is 2.62 bits per heavy atom. The quantitative estimate of drug-likeness (QED) is 0.794. The zero-order valence-electron chi connectivity index (χ0n) is 13.2. The fraction of sp³-hybridized carbons (Fsp3) is 0.750. The minimum Gasteiger partial charge on any atom is -0.462 e. The SMILES string of the molecule is CC(C)CN1CCN(Cc2ccc(CO)o2)C[C@H]1CCO. The predicted molar refractivity (Wildman–Crippen MR) is 81.8 cm³/mol. The number of rotatable bonds is 7. The van der Waals surface area contributed by atoms with E-state index in [0.717, 1.165) is 44.9 Å². The van der Waals surface area contributed by atoms with E-state index in [4.69, 9.17) is 9.52 Å². The molecule has 2 rings (SSSR count). The maximum Gasteiger partial charge on any atom is 0.129 e. The first-order chi connectivity index (χ1) is 10.1. The van der Waals surface area contributed by atoms with Crippen LogP contribution in [0.2, 0.25) is 0 Å². The molecule has 120 valence electrons. The van der Waals surface area contributed by atoms with Crippen LogP contribution in [0.3, 0.4) is 0 Å². The van der Waals surface area contributed by atoms with E-state index in [1.807, 2.05) is 12.1 Å². The first-order valence-corrected chi connectivity index (χ1v) is 7.88. The van der Waals surface area contributed by atoms with Crippen LogP contribution in [0.5, 0.6) is 0 Å². The highest BCUT2D eigenvalue weighted by molar-refractivity contribution is 5.06. The topological polar surface area (TPSA) is 60.1 Å². The molecule has 1 aromatic heterocycles. The standard InChI is InChI=1S/C16H28N2O3/c1-13(2)9-18-7-6-17(10-14(18)5-8-19)11-15-3-4-16(12-20)21-15/h3-4,13-14,19-20H,5-12H2,1-2H3/t14-/m1/s1. The molecule has 0 spiro atoms. The van der Waals surface area contributed by atoms with Crippen molar-refractivity contribution in [2.75, 3.05) is 32.8 Å². The molecule has 1 aliphatic rings. The Balaban J connectivity index is 1.91. The summed E-state index contributed by atoms with van der Waals surface area (Å²) in [6.45, 7) is 9.55. The van der Waals surface area contributed by atoms with Crippen molar-refractivity contribution in [1.29, 1.82) is 0 Å². The van der Waals surface area contributed by atoms with E-state index in [1.54, 1.807) is 0 Å². The van der Waals surface area contributed by atoms with E-state index in [0.29, 0.717) is 17.7 Å². The van der Waals surface area contributed by atoms with Gasteiger partial charge in [0.1, 0.15) is 18.1 Å². The van der Waals surface area contributed by atoms with Gasteiger partial charge in [-0.15, -0.1) is 0 Å². The van der Waals surface area contributed by atoms with E-state index < -0.39 is 0 Å². The van der Waals surface area contributed by atoms with E-state index in [9.17, 15) is 5.11 Å². The molecule has 21 heavy (non-hydrogen) atoms. The Bertz CT molecular complexity index is 419. The molecule has 2 heterocycles. The van der Waals surface area contributed by atoms with Gasteiger partial charge in [-0.1, -0.05) is 13.8 Å². The molecule has 1 fully saturated rings. The predicted octanol–water partition coefficient (Wildman–Crippen LogP) is 1.30. The second-order valence-electron chi connectivity index (χ2n) is 6.32. The number of hydrogen-bond donors (Lipinski definition) is 2. The third-order valence-corrected chi connectivity index (χ3v) is 4.00. The van der Waals surface area contributed by atoms with E-state index in [2.05, 4.69) is 23.6 Å². The largest absolute Gasteiger partial charge is 0.462 e. The summed E-state index contributed by atoms with van der Waals surface area (Å²) in [5.41, 5.74) is 0. The van der Waals surface area contributed by atoms with Crippen molar-refractivity contribution in [2.24, 2.45) is 5.92 Å². The van der Waals surface area contributed by atoms with Crippen LogP contribution in [0.15, 0.2) is 16.5 Å². The molecule has 0 saturated carbocycles. The Morgan fingerprint density at radius 1 is 1.24 bits per heavy atom. The molecule has 1 atom stereocenters. The van der Waals surface area contributed by atoms with Gasteiger partial charge < -0.3 is 14.6 Å². The summed E-state index contributed by atoms with van der Waals surface area (Å²) in [7, 11) is 0. The number of aliphatic hydroxyl groups is 2. The molecule has 1 aliphatic heterocycles. The lowest BCUT2D eigenvalue weighted by atomic mass is 10.1. The highest BCUT2D eigenvalue weighted by Gasteiger charge is 2.27. The van der Waals surface area contributed by atoms with Gasteiger partial charge in [0.25, 0.3) is 0 Å². The van der Waals surface area contributed by atoms with Gasteiger partial charge in [0.05, 0.1) is 6.54 Å². The molecular formula is C16H28N2O3. The van der Waals surface area contributed by atoms with Crippen molar-refractivity contribution in [3.8, 4) is 0 Å². The zero-order valence-corrected chi connectivity index (χ0v) is 13.2.